The molecule has 5 heteroatoms. The first-order valence-electron chi connectivity index (χ1n) is 6.68. The lowest BCUT2D eigenvalue weighted by molar-refractivity contribution is -0.384. The molecule has 1 rings (SSSR count). The number of hydrogen-bond donors (Lipinski definition) is 1. The van der Waals surface area contributed by atoms with Gasteiger partial charge in [0.25, 0.3) is 0 Å². The molecule has 1 atom stereocenters. The number of para-hydroxylation sites is 1. The lowest BCUT2D eigenvalue weighted by atomic mass is 10.1. The highest BCUT2D eigenvalue weighted by atomic mass is 16.6. The highest BCUT2D eigenvalue weighted by Crippen LogP contribution is 2.34. The van der Waals surface area contributed by atoms with Crippen LogP contribution in [0.15, 0.2) is 18.2 Å². The third kappa shape index (κ3) is 4.43. The molecule has 5 nitrogen and oxygen atoms in total. The van der Waals surface area contributed by atoms with Crippen LogP contribution in [0.4, 0.5) is 11.4 Å². The van der Waals surface area contributed by atoms with Gasteiger partial charge in [-0.05, 0) is 25.5 Å². The smallest absolute Gasteiger partial charge is 0.333 e. The fourth-order valence-electron chi connectivity index (χ4n) is 2.03. The van der Waals surface area contributed by atoms with Crippen LogP contribution in [0.25, 0.3) is 0 Å². The number of rotatable bonds is 8. The fraction of sp³-hybridized carbons (Fsp3) is 0.571. The Morgan fingerprint density at radius 1 is 1.42 bits per heavy atom. The van der Waals surface area contributed by atoms with E-state index in [4.69, 9.17) is 4.74 Å². The predicted molar refractivity (Wildman–Crippen MR) is 76.9 cm³/mol. The number of hydrogen-bond acceptors (Lipinski definition) is 4. The van der Waals surface area contributed by atoms with E-state index in [-0.39, 0.29) is 17.5 Å². The number of benzene rings is 1. The van der Waals surface area contributed by atoms with Gasteiger partial charge in [0.15, 0.2) is 5.75 Å². The zero-order chi connectivity index (χ0) is 14.3. The third-order valence-electron chi connectivity index (χ3n) is 3.04. The number of methoxy groups -OCH3 is 1. The van der Waals surface area contributed by atoms with Crippen LogP contribution >= 0.6 is 0 Å². The Kier molecular flexibility index (Phi) is 6.12. The molecule has 106 valence electrons. The van der Waals surface area contributed by atoms with Crippen molar-refractivity contribution in [1.82, 2.24) is 0 Å². The van der Waals surface area contributed by atoms with E-state index in [1.54, 1.807) is 18.2 Å². The molecular formula is C14H22N2O3. The van der Waals surface area contributed by atoms with E-state index in [2.05, 4.69) is 12.2 Å². The van der Waals surface area contributed by atoms with Crippen LogP contribution in [0.1, 0.15) is 39.5 Å². The van der Waals surface area contributed by atoms with Gasteiger partial charge in [0.05, 0.1) is 12.0 Å². The highest BCUT2D eigenvalue weighted by molar-refractivity contribution is 5.68. The summed E-state index contributed by atoms with van der Waals surface area (Å²) in [6.45, 7) is 4.20. The van der Waals surface area contributed by atoms with Crippen molar-refractivity contribution in [3.8, 4) is 5.75 Å². The Bertz CT molecular complexity index is 421. The molecule has 1 N–H and O–H groups in total. The van der Waals surface area contributed by atoms with Gasteiger partial charge in [0, 0.05) is 6.04 Å². The van der Waals surface area contributed by atoms with Gasteiger partial charge in [-0.3, -0.25) is 10.1 Å². The van der Waals surface area contributed by atoms with Gasteiger partial charge < -0.3 is 10.1 Å². The zero-order valence-corrected chi connectivity index (χ0v) is 11.8. The van der Waals surface area contributed by atoms with E-state index in [1.165, 1.54) is 20.0 Å². The molecule has 1 aromatic rings. The molecule has 0 radical (unpaired) electrons. The summed E-state index contributed by atoms with van der Waals surface area (Å²) in [6.07, 6.45) is 4.49. The van der Waals surface area contributed by atoms with Crippen LogP contribution < -0.4 is 10.1 Å². The van der Waals surface area contributed by atoms with E-state index in [0.29, 0.717) is 5.69 Å². The minimum Gasteiger partial charge on any atom is -0.490 e. The molecule has 19 heavy (non-hydrogen) atoms. The molecule has 0 saturated carbocycles. The standard InChI is InChI=1S/C14H22N2O3/c1-4-5-6-8-11(2)15-12-9-7-10-13(19-3)14(12)16(17)18/h7,9-11,15H,4-6,8H2,1-3H3. The predicted octanol–water partition coefficient (Wildman–Crippen LogP) is 3.98. The normalized spacial score (nSPS) is 11.9. The maximum absolute atomic E-state index is 11.1. The van der Waals surface area contributed by atoms with Crippen LogP contribution in [0.5, 0.6) is 5.75 Å². The van der Waals surface area contributed by atoms with Crippen LogP contribution in [-0.4, -0.2) is 18.1 Å². The number of anilines is 1. The topological polar surface area (TPSA) is 64.4 Å². The first kappa shape index (κ1) is 15.3. The van der Waals surface area contributed by atoms with Crippen molar-refractivity contribution in [3.05, 3.63) is 28.3 Å². The van der Waals surface area contributed by atoms with E-state index in [1.807, 2.05) is 6.92 Å². The minimum atomic E-state index is -0.403. The first-order valence-corrected chi connectivity index (χ1v) is 6.68. The minimum absolute atomic E-state index is 0.00680. The summed E-state index contributed by atoms with van der Waals surface area (Å²) in [4.78, 5) is 10.7. The first-order chi connectivity index (χ1) is 9.10. The molecule has 0 spiro atoms. The molecule has 1 unspecified atom stereocenters. The van der Waals surface area contributed by atoms with Crippen LogP contribution in [0.3, 0.4) is 0 Å². The number of nitrogens with one attached hydrogen (secondary N) is 1. The summed E-state index contributed by atoms with van der Waals surface area (Å²) >= 11 is 0. The number of nitro benzene ring substituents is 1. The second-order valence-electron chi connectivity index (χ2n) is 4.65. The number of nitro groups is 1. The Morgan fingerprint density at radius 2 is 2.16 bits per heavy atom. The number of unbranched alkanes of at least 4 members (excludes halogenated alkanes) is 2. The SMILES string of the molecule is CCCCCC(C)Nc1cccc(OC)c1[N+](=O)[O-]. The van der Waals surface area contributed by atoms with Gasteiger partial charge in [0.1, 0.15) is 5.69 Å². The molecule has 0 aliphatic heterocycles. The van der Waals surface area contributed by atoms with Crippen molar-refractivity contribution < 1.29 is 9.66 Å². The molecule has 0 bridgehead atoms. The second-order valence-corrected chi connectivity index (χ2v) is 4.65. The lowest BCUT2D eigenvalue weighted by Crippen LogP contribution is -2.16. The summed E-state index contributed by atoms with van der Waals surface area (Å²) in [5, 5.41) is 14.3. The van der Waals surface area contributed by atoms with Crippen LogP contribution in [0.2, 0.25) is 0 Å². The van der Waals surface area contributed by atoms with E-state index in [0.717, 1.165) is 12.8 Å². The summed E-state index contributed by atoms with van der Waals surface area (Å²) in [6, 6.07) is 5.28. The molecule has 0 aromatic heterocycles. The van der Waals surface area contributed by atoms with Crippen molar-refractivity contribution in [2.75, 3.05) is 12.4 Å². The van der Waals surface area contributed by atoms with Gasteiger partial charge in [-0.1, -0.05) is 32.3 Å². The van der Waals surface area contributed by atoms with Crippen molar-refractivity contribution in [3.63, 3.8) is 0 Å². The summed E-state index contributed by atoms with van der Waals surface area (Å²) in [5.41, 5.74) is 0.528. The summed E-state index contributed by atoms with van der Waals surface area (Å²) < 4.78 is 5.05. The van der Waals surface area contributed by atoms with E-state index in [9.17, 15) is 10.1 Å². The van der Waals surface area contributed by atoms with Gasteiger partial charge in [-0.2, -0.15) is 0 Å². The van der Waals surface area contributed by atoms with Crippen LogP contribution in [-0.2, 0) is 0 Å². The average molecular weight is 266 g/mol. The quantitative estimate of drug-likeness (QED) is 0.439. The maximum atomic E-state index is 11.1. The van der Waals surface area contributed by atoms with Crippen molar-refractivity contribution >= 4 is 11.4 Å². The molecule has 0 saturated heterocycles. The molecule has 0 heterocycles. The monoisotopic (exact) mass is 266 g/mol. The molecule has 0 aliphatic carbocycles. The molecule has 1 aromatic carbocycles. The molecule has 0 amide bonds. The Hall–Kier alpha value is -1.78. The highest BCUT2D eigenvalue weighted by Gasteiger charge is 2.21. The van der Waals surface area contributed by atoms with Crippen LogP contribution in [0, 0.1) is 10.1 Å². The average Bonchev–Trinajstić information content (AvgIpc) is 2.38. The maximum Gasteiger partial charge on any atom is 0.333 e. The van der Waals surface area contributed by atoms with E-state index < -0.39 is 4.92 Å². The second kappa shape index (κ2) is 7.61. The zero-order valence-electron chi connectivity index (χ0n) is 11.8. The lowest BCUT2D eigenvalue weighted by Gasteiger charge is -2.15. The van der Waals surface area contributed by atoms with Gasteiger partial charge in [-0.15, -0.1) is 0 Å². The Morgan fingerprint density at radius 3 is 2.74 bits per heavy atom. The van der Waals surface area contributed by atoms with Gasteiger partial charge in [0.2, 0.25) is 0 Å². The summed E-state index contributed by atoms with van der Waals surface area (Å²) in [5.74, 6) is 0.288. The fourth-order valence-corrected chi connectivity index (χ4v) is 2.03. The Balaban J connectivity index is 2.79. The summed E-state index contributed by atoms with van der Waals surface area (Å²) in [7, 11) is 1.44. The number of ether oxygens (including phenoxy) is 1. The van der Waals surface area contributed by atoms with Crippen molar-refractivity contribution in [2.24, 2.45) is 0 Å². The largest absolute Gasteiger partial charge is 0.490 e. The van der Waals surface area contributed by atoms with Crippen molar-refractivity contribution in [2.45, 2.75) is 45.6 Å². The van der Waals surface area contributed by atoms with Crippen molar-refractivity contribution in [1.29, 1.82) is 0 Å². The molecule has 0 aliphatic rings. The molecule has 0 fully saturated rings. The Labute approximate surface area is 114 Å². The van der Waals surface area contributed by atoms with Gasteiger partial charge >= 0.3 is 5.69 Å². The number of nitrogens with zero attached hydrogens (tertiary/aromatic N) is 1. The van der Waals surface area contributed by atoms with Gasteiger partial charge in [-0.25, -0.2) is 0 Å². The molecular weight excluding hydrogens is 244 g/mol. The van der Waals surface area contributed by atoms with E-state index >= 15 is 0 Å². The third-order valence-corrected chi connectivity index (χ3v) is 3.04.